The minimum atomic E-state index is -4.90. The Labute approximate surface area is 89.1 Å². The van der Waals surface area contributed by atoms with Crippen LogP contribution in [-0.4, -0.2) is 16.3 Å². The van der Waals surface area contributed by atoms with Gasteiger partial charge in [0.05, 0.1) is 17.2 Å². The highest BCUT2D eigenvalue weighted by atomic mass is 79.9. The maximum Gasteiger partial charge on any atom is 0.573 e. The summed E-state index contributed by atoms with van der Waals surface area (Å²) < 4.78 is 38.5. The van der Waals surface area contributed by atoms with Gasteiger partial charge in [-0.3, -0.25) is 10.1 Å². The van der Waals surface area contributed by atoms with E-state index in [1.165, 1.54) is 0 Å². The summed E-state index contributed by atoms with van der Waals surface area (Å²) >= 11 is 2.72. The summed E-state index contributed by atoms with van der Waals surface area (Å²) in [5.74, 6) is -0.739. The van der Waals surface area contributed by atoms with Crippen LogP contribution in [0, 0.1) is 10.1 Å². The van der Waals surface area contributed by atoms with Crippen molar-refractivity contribution in [3.63, 3.8) is 0 Å². The zero-order valence-electron chi connectivity index (χ0n) is 6.79. The molecule has 0 atom stereocenters. The molecule has 0 bridgehead atoms. The number of hydrogen-bond acceptors (Lipinski definition) is 4. The smallest absolute Gasteiger partial charge is 0.404 e. The van der Waals surface area contributed by atoms with Gasteiger partial charge in [0.15, 0.2) is 10.4 Å². The van der Waals surface area contributed by atoms with Crippen LogP contribution < -0.4 is 4.74 Å². The second-order valence-electron chi connectivity index (χ2n) is 2.29. The lowest BCUT2D eigenvalue weighted by molar-refractivity contribution is -0.386. The third-order valence-corrected chi connectivity index (χ3v) is 1.84. The molecule has 15 heavy (non-hydrogen) atoms. The van der Waals surface area contributed by atoms with Crippen molar-refractivity contribution in [2.75, 3.05) is 0 Å². The first-order valence-corrected chi connectivity index (χ1v) is 4.14. The van der Waals surface area contributed by atoms with Crippen molar-refractivity contribution in [1.29, 1.82) is 0 Å². The second-order valence-corrected chi connectivity index (χ2v) is 3.04. The number of nitro groups is 1. The van der Waals surface area contributed by atoms with Crippen LogP contribution in [0.2, 0.25) is 0 Å². The van der Waals surface area contributed by atoms with E-state index < -0.39 is 22.7 Å². The van der Waals surface area contributed by atoms with Crippen molar-refractivity contribution >= 4 is 21.6 Å². The summed E-state index contributed by atoms with van der Waals surface area (Å²) in [6.07, 6.45) is -4.17. The maximum absolute atomic E-state index is 11.7. The number of aromatic nitrogens is 1. The molecule has 1 rings (SSSR count). The van der Waals surface area contributed by atoms with Crippen molar-refractivity contribution < 1.29 is 22.8 Å². The van der Waals surface area contributed by atoms with Gasteiger partial charge < -0.3 is 4.74 Å². The first-order valence-electron chi connectivity index (χ1n) is 3.35. The van der Waals surface area contributed by atoms with Gasteiger partial charge in [-0.2, -0.15) is 0 Å². The number of alkyl halides is 3. The second kappa shape index (κ2) is 4.01. The summed E-state index contributed by atoms with van der Waals surface area (Å²) in [7, 11) is 0. The Morgan fingerprint density at radius 1 is 1.53 bits per heavy atom. The van der Waals surface area contributed by atoms with Crippen molar-refractivity contribution in [3.8, 4) is 5.75 Å². The fourth-order valence-electron chi connectivity index (χ4n) is 0.735. The van der Waals surface area contributed by atoms with Crippen LogP contribution in [-0.2, 0) is 0 Å². The van der Waals surface area contributed by atoms with Gasteiger partial charge >= 0.3 is 12.0 Å². The zero-order chi connectivity index (χ0) is 11.6. The van der Waals surface area contributed by atoms with Crippen molar-refractivity contribution in [3.05, 3.63) is 27.0 Å². The zero-order valence-corrected chi connectivity index (χ0v) is 8.37. The average molecular weight is 287 g/mol. The Morgan fingerprint density at radius 3 is 2.60 bits per heavy atom. The first kappa shape index (κ1) is 11.7. The molecule has 1 aromatic rings. The molecule has 5 nitrogen and oxygen atoms in total. The predicted octanol–water partition coefficient (Wildman–Crippen LogP) is 2.65. The molecule has 1 heterocycles. The van der Waals surface area contributed by atoms with Crippen LogP contribution >= 0.6 is 15.9 Å². The average Bonchev–Trinajstić information content (AvgIpc) is 2.05. The summed E-state index contributed by atoms with van der Waals surface area (Å²) in [4.78, 5) is 12.8. The van der Waals surface area contributed by atoms with E-state index >= 15 is 0 Å². The number of hydrogen-bond donors (Lipinski definition) is 0. The van der Waals surface area contributed by atoms with Crippen LogP contribution in [0.5, 0.6) is 5.75 Å². The van der Waals surface area contributed by atoms with E-state index in [2.05, 4.69) is 25.7 Å². The Hall–Kier alpha value is -1.38. The van der Waals surface area contributed by atoms with Gasteiger partial charge in [-0.1, -0.05) is 0 Å². The van der Waals surface area contributed by atoms with Crippen LogP contribution in [0.25, 0.3) is 0 Å². The van der Waals surface area contributed by atoms with E-state index in [1.807, 2.05) is 0 Å². The van der Waals surface area contributed by atoms with Gasteiger partial charge in [0.25, 0.3) is 0 Å². The molecular formula is C6H2BrF3N2O3. The Bertz CT molecular complexity index is 396. The molecule has 0 spiro atoms. The van der Waals surface area contributed by atoms with Crippen LogP contribution in [0.1, 0.15) is 0 Å². The lowest BCUT2D eigenvalue weighted by Crippen LogP contribution is -2.17. The summed E-state index contributed by atoms with van der Waals surface area (Å²) in [5, 5.41) is 10.3. The van der Waals surface area contributed by atoms with Crippen LogP contribution in [0.3, 0.4) is 0 Å². The predicted molar refractivity (Wildman–Crippen MR) is 45.3 cm³/mol. The topological polar surface area (TPSA) is 65.3 Å². The molecule has 0 fully saturated rings. The molecular weight excluding hydrogens is 285 g/mol. The number of halogens is 4. The van der Waals surface area contributed by atoms with Gasteiger partial charge in [-0.15, -0.1) is 13.2 Å². The SMILES string of the molecule is O=[N+]([O-])c1cc(OC(F)(F)F)cnc1Br. The Kier molecular flexibility index (Phi) is 3.12. The Morgan fingerprint density at radius 2 is 2.13 bits per heavy atom. The molecule has 0 N–H and O–H groups in total. The van der Waals surface area contributed by atoms with E-state index in [-0.39, 0.29) is 4.60 Å². The molecule has 0 unspecified atom stereocenters. The summed E-state index contributed by atoms with van der Waals surface area (Å²) in [5.41, 5.74) is -0.600. The quantitative estimate of drug-likeness (QED) is 0.476. The normalized spacial score (nSPS) is 11.2. The molecule has 82 valence electrons. The maximum atomic E-state index is 11.7. The minimum Gasteiger partial charge on any atom is -0.404 e. The van der Waals surface area contributed by atoms with E-state index in [9.17, 15) is 23.3 Å². The van der Waals surface area contributed by atoms with Crippen molar-refractivity contribution in [2.45, 2.75) is 6.36 Å². The van der Waals surface area contributed by atoms with Gasteiger partial charge in [-0.05, 0) is 15.9 Å². The lowest BCUT2D eigenvalue weighted by atomic mass is 10.4. The molecule has 0 aliphatic rings. The highest BCUT2D eigenvalue weighted by Gasteiger charge is 2.32. The highest BCUT2D eigenvalue weighted by Crippen LogP contribution is 2.29. The van der Waals surface area contributed by atoms with Gasteiger partial charge in [0, 0.05) is 0 Å². The summed E-state index contributed by atoms with van der Waals surface area (Å²) in [6.45, 7) is 0. The molecule has 0 amide bonds. The van der Waals surface area contributed by atoms with E-state index in [4.69, 9.17) is 0 Å². The number of ether oxygens (including phenoxy) is 1. The molecule has 0 aliphatic heterocycles. The molecule has 0 saturated heterocycles. The first-order chi connectivity index (χ1) is 6.79. The fourth-order valence-corrected chi connectivity index (χ4v) is 1.10. The highest BCUT2D eigenvalue weighted by molar-refractivity contribution is 9.10. The number of pyridine rings is 1. The largest absolute Gasteiger partial charge is 0.573 e. The lowest BCUT2D eigenvalue weighted by Gasteiger charge is -2.07. The standard InChI is InChI=1S/C6H2BrF3N2O3/c7-5-4(12(13)14)1-3(2-11-5)15-6(8,9)10/h1-2H. The van der Waals surface area contributed by atoms with E-state index in [0.29, 0.717) is 6.07 Å². The molecule has 0 aliphatic carbocycles. The van der Waals surface area contributed by atoms with Crippen LogP contribution in [0.15, 0.2) is 16.9 Å². The minimum absolute atomic E-state index is 0.165. The molecule has 0 radical (unpaired) electrons. The third-order valence-electron chi connectivity index (χ3n) is 1.23. The monoisotopic (exact) mass is 286 g/mol. The van der Waals surface area contributed by atoms with Crippen molar-refractivity contribution in [1.82, 2.24) is 4.98 Å². The third kappa shape index (κ3) is 3.35. The molecule has 1 aromatic heterocycles. The van der Waals surface area contributed by atoms with Gasteiger partial charge in [-0.25, -0.2) is 4.98 Å². The van der Waals surface area contributed by atoms with E-state index in [1.54, 1.807) is 0 Å². The number of rotatable bonds is 2. The van der Waals surface area contributed by atoms with Crippen LogP contribution in [0.4, 0.5) is 18.9 Å². The number of nitrogens with zero attached hydrogens (tertiary/aromatic N) is 2. The van der Waals surface area contributed by atoms with Crippen molar-refractivity contribution in [2.24, 2.45) is 0 Å². The molecule has 0 saturated carbocycles. The Balaban J connectivity index is 3.03. The molecule has 0 aromatic carbocycles. The summed E-state index contributed by atoms with van der Waals surface area (Å²) in [6, 6.07) is 0.630. The van der Waals surface area contributed by atoms with Gasteiger partial charge in [0.1, 0.15) is 0 Å². The van der Waals surface area contributed by atoms with Gasteiger partial charge in [0.2, 0.25) is 0 Å². The fraction of sp³-hybridized carbons (Fsp3) is 0.167. The molecule has 9 heteroatoms. The van der Waals surface area contributed by atoms with E-state index in [0.717, 1.165) is 6.20 Å².